The monoisotopic (exact) mass is 273 g/mol. The number of fused-ring (bicyclic) bond motifs is 1. The molecule has 0 aliphatic carbocycles. The largest absolute Gasteiger partial charge is 0.399 e. The zero-order valence-corrected chi connectivity index (χ0v) is 12.5. The van der Waals surface area contributed by atoms with Gasteiger partial charge in [0.05, 0.1) is 0 Å². The highest BCUT2D eigenvalue weighted by molar-refractivity contribution is 5.87. The fraction of sp³-hybridized carbons (Fsp3) is 0.438. The summed E-state index contributed by atoms with van der Waals surface area (Å²) in [6, 6.07) is 5.95. The Morgan fingerprint density at radius 3 is 2.80 bits per heavy atom. The number of benzene rings is 1. The van der Waals surface area contributed by atoms with E-state index in [1.807, 2.05) is 30.0 Å². The van der Waals surface area contributed by atoms with Gasteiger partial charge in [0.2, 0.25) is 5.91 Å². The van der Waals surface area contributed by atoms with Crippen molar-refractivity contribution in [2.45, 2.75) is 39.4 Å². The summed E-state index contributed by atoms with van der Waals surface area (Å²) in [4.78, 5) is 16.6. The molecule has 0 saturated carbocycles. The smallest absolute Gasteiger partial charge is 0.245 e. The Labute approximate surface area is 120 Å². The SMILES string of the molecule is C=CCN1Cc2cc(N)ccc2N(C(C)C)[C@@H](C)C1=O. The van der Waals surface area contributed by atoms with Crippen LogP contribution in [-0.2, 0) is 11.3 Å². The van der Waals surface area contributed by atoms with Gasteiger partial charge in [-0.15, -0.1) is 6.58 Å². The van der Waals surface area contributed by atoms with E-state index in [4.69, 9.17) is 5.73 Å². The Morgan fingerprint density at radius 1 is 1.50 bits per heavy atom. The Bertz CT molecular complexity index is 524. The lowest BCUT2D eigenvalue weighted by molar-refractivity contribution is -0.132. The average Bonchev–Trinajstić information content (AvgIpc) is 2.48. The molecule has 1 aliphatic rings. The number of nitrogen functional groups attached to an aromatic ring is 1. The second kappa shape index (κ2) is 5.57. The minimum atomic E-state index is -0.181. The van der Waals surface area contributed by atoms with Crippen molar-refractivity contribution in [3.63, 3.8) is 0 Å². The molecule has 2 rings (SSSR count). The molecule has 0 unspecified atom stereocenters. The van der Waals surface area contributed by atoms with E-state index < -0.39 is 0 Å². The van der Waals surface area contributed by atoms with Crippen LogP contribution in [-0.4, -0.2) is 29.4 Å². The molecule has 1 amide bonds. The van der Waals surface area contributed by atoms with E-state index in [2.05, 4.69) is 25.3 Å². The van der Waals surface area contributed by atoms with Crippen molar-refractivity contribution in [2.75, 3.05) is 17.2 Å². The van der Waals surface area contributed by atoms with Gasteiger partial charge in [-0.1, -0.05) is 6.08 Å². The molecular weight excluding hydrogens is 250 g/mol. The zero-order valence-electron chi connectivity index (χ0n) is 12.5. The minimum Gasteiger partial charge on any atom is -0.399 e. The topological polar surface area (TPSA) is 49.6 Å². The first kappa shape index (κ1) is 14.4. The number of nitrogens with two attached hydrogens (primary N) is 1. The van der Waals surface area contributed by atoms with Gasteiger partial charge in [-0.3, -0.25) is 4.79 Å². The van der Waals surface area contributed by atoms with Crippen LogP contribution in [0.4, 0.5) is 11.4 Å². The van der Waals surface area contributed by atoms with Gasteiger partial charge in [0, 0.05) is 30.5 Å². The number of hydrogen-bond donors (Lipinski definition) is 1. The molecule has 4 heteroatoms. The van der Waals surface area contributed by atoms with Crippen LogP contribution >= 0.6 is 0 Å². The van der Waals surface area contributed by atoms with Gasteiger partial charge < -0.3 is 15.5 Å². The zero-order chi connectivity index (χ0) is 14.9. The predicted octanol–water partition coefficient (Wildman–Crippen LogP) is 2.40. The van der Waals surface area contributed by atoms with Crippen molar-refractivity contribution < 1.29 is 4.79 Å². The van der Waals surface area contributed by atoms with Gasteiger partial charge in [-0.2, -0.15) is 0 Å². The molecule has 4 nitrogen and oxygen atoms in total. The fourth-order valence-electron chi connectivity index (χ4n) is 2.90. The summed E-state index contributed by atoms with van der Waals surface area (Å²) >= 11 is 0. The van der Waals surface area contributed by atoms with Crippen molar-refractivity contribution in [1.82, 2.24) is 4.90 Å². The van der Waals surface area contributed by atoms with E-state index in [1.165, 1.54) is 0 Å². The van der Waals surface area contributed by atoms with Gasteiger partial charge in [0.25, 0.3) is 0 Å². The minimum absolute atomic E-state index is 0.133. The molecule has 0 bridgehead atoms. The third-order valence-corrected chi connectivity index (χ3v) is 3.74. The molecular formula is C16H23N3O. The molecule has 0 saturated heterocycles. The first-order valence-corrected chi connectivity index (χ1v) is 7.02. The summed E-state index contributed by atoms with van der Waals surface area (Å²) in [5.41, 5.74) is 8.82. The molecule has 1 atom stereocenters. The first-order chi connectivity index (χ1) is 9.45. The summed E-state index contributed by atoms with van der Waals surface area (Å²) in [7, 11) is 0. The molecule has 0 fully saturated rings. The first-order valence-electron chi connectivity index (χ1n) is 7.02. The van der Waals surface area contributed by atoms with Crippen LogP contribution in [0.2, 0.25) is 0 Å². The molecule has 20 heavy (non-hydrogen) atoms. The Hall–Kier alpha value is -1.97. The van der Waals surface area contributed by atoms with E-state index in [0.717, 1.165) is 16.9 Å². The molecule has 0 aromatic heterocycles. The normalized spacial score (nSPS) is 19.0. The van der Waals surface area contributed by atoms with Gasteiger partial charge >= 0.3 is 0 Å². The van der Waals surface area contributed by atoms with E-state index in [1.54, 1.807) is 6.08 Å². The standard InChI is InChI=1S/C16H23N3O/c1-5-8-18-10-13-9-14(17)6-7-15(13)19(11(2)3)12(4)16(18)20/h5-7,9,11-12H,1,8,10,17H2,2-4H3/t12-/m0/s1. The third kappa shape index (κ3) is 2.50. The number of carbonyl (C=O) groups is 1. The molecule has 1 aromatic rings. The Kier molecular flexibility index (Phi) is 4.02. The van der Waals surface area contributed by atoms with Gasteiger partial charge in [-0.25, -0.2) is 0 Å². The Balaban J connectivity index is 2.53. The van der Waals surface area contributed by atoms with Crippen LogP contribution in [0.1, 0.15) is 26.3 Å². The van der Waals surface area contributed by atoms with Crippen LogP contribution in [0, 0.1) is 0 Å². The number of amides is 1. The number of anilines is 2. The molecule has 1 aliphatic heterocycles. The highest BCUT2D eigenvalue weighted by Crippen LogP contribution is 2.31. The molecule has 1 aromatic carbocycles. The number of carbonyl (C=O) groups excluding carboxylic acids is 1. The van der Waals surface area contributed by atoms with Crippen molar-refractivity contribution in [2.24, 2.45) is 0 Å². The van der Waals surface area contributed by atoms with Crippen LogP contribution in [0.5, 0.6) is 0 Å². The van der Waals surface area contributed by atoms with E-state index in [-0.39, 0.29) is 18.0 Å². The molecule has 1 heterocycles. The van der Waals surface area contributed by atoms with E-state index >= 15 is 0 Å². The van der Waals surface area contributed by atoms with Crippen LogP contribution in [0.25, 0.3) is 0 Å². The maximum absolute atomic E-state index is 12.6. The van der Waals surface area contributed by atoms with Gasteiger partial charge in [0.1, 0.15) is 6.04 Å². The number of nitrogens with zero attached hydrogens (tertiary/aromatic N) is 2. The maximum Gasteiger partial charge on any atom is 0.245 e. The maximum atomic E-state index is 12.6. The van der Waals surface area contributed by atoms with Gasteiger partial charge in [-0.05, 0) is 44.5 Å². The van der Waals surface area contributed by atoms with E-state index in [9.17, 15) is 4.79 Å². The lowest BCUT2D eigenvalue weighted by atomic mass is 10.1. The fourth-order valence-corrected chi connectivity index (χ4v) is 2.90. The summed E-state index contributed by atoms with van der Waals surface area (Å²) < 4.78 is 0. The molecule has 2 N–H and O–H groups in total. The Morgan fingerprint density at radius 2 is 2.20 bits per heavy atom. The average molecular weight is 273 g/mol. The summed E-state index contributed by atoms with van der Waals surface area (Å²) in [6.45, 7) is 11.1. The van der Waals surface area contributed by atoms with Crippen molar-refractivity contribution in [1.29, 1.82) is 0 Å². The summed E-state index contributed by atoms with van der Waals surface area (Å²) in [6.07, 6.45) is 1.77. The third-order valence-electron chi connectivity index (χ3n) is 3.74. The molecule has 0 radical (unpaired) electrons. The van der Waals surface area contributed by atoms with E-state index in [0.29, 0.717) is 13.1 Å². The van der Waals surface area contributed by atoms with Crippen molar-refractivity contribution in [3.8, 4) is 0 Å². The predicted molar refractivity (Wildman–Crippen MR) is 83.5 cm³/mol. The highest BCUT2D eigenvalue weighted by atomic mass is 16.2. The quantitative estimate of drug-likeness (QED) is 0.679. The lowest BCUT2D eigenvalue weighted by Crippen LogP contribution is -2.47. The second-order valence-corrected chi connectivity index (χ2v) is 5.57. The second-order valence-electron chi connectivity index (χ2n) is 5.57. The summed E-state index contributed by atoms with van der Waals surface area (Å²) in [5.74, 6) is 0.133. The molecule has 0 spiro atoms. The van der Waals surface area contributed by atoms with Crippen molar-refractivity contribution in [3.05, 3.63) is 36.4 Å². The van der Waals surface area contributed by atoms with Crippen LogP contribution < -0.4 is 10.6 Å². The number of rotatable bonds is 3. The highest BCUT2D eigenvalue weighted by Gasteiger charge is 2.32. The van der Waals surface area contributed by atoms with Crippen molar-refractivity contribution >= 4 is 17.3 Å². The lowest BCUT2D eigenvalue weighted by Gasteiger charge is -2.34. The van der Waals surface area contributed by atoms with Crippen LogP contribution in [0.15, 0.2) is 30.9 Å². The van der Waals surface area contributed by atoms with Crippen LogP contribution in [0.3, 0.4) is 0 Å². The number of hydrogen-bond acceptors (Lipinski definition) is 3. The van der Waals surface area contributed by atoms with Gasteiger partial charge in [0.15, 0.2) is 0 Å². The molecule has 108 valence electrons. The summed E-state index contributed by atoms with van der Waals surface area (Å²) in [5, 5.41) is 0.